The molecule has 6 heteroatoms. The number of rotatable bonds is 15. The van der Waals surface area contributed by atoms with Crippen molar-refractivity contribution in [2.24, 2.45) is 5.92 Å². The van der Waals surface area contributed by atoms with Gasteiger partial charge in [0.25, 0.3) is 0 Å². The van der Waals surface area contributed by atoms with Gasteiger partial charge < -0.3 is 20.0 Å². The average molecular weight is 579 g/mol. The van der Waals surface area contributed by atoms with Gasteiger partial charge in [-0.2, -0.15) is 0 Å². The molecule has 0 aromatic heterocycles. The molecule has 1 aliphatic heterocycles. The molecule has 2 amide bonds. The maximum absolute atomic E-state index is 13.0. The number of allylic oxidation sites excluding steroid dienone is 7. The molecule has 0 bridgehead atoms. The Morgan fingerprint density at radius 3 is 2.40 bits per heavy atom. The zero-order valence-electron chi connectivity index (χ0n) is 27.6. The van der Waals surface area contributed by atoms with Crippen LogP contribution in [0.5, 0.6) is 0 Å². The summed E-state index contributed by atoms with van der Waals surface area (Å²) in [6, 6.07) is 10.3. The lowest BCUT2D eigenvalue weighted by atomic mass is 10.1. The monoisotopic (exact) mass is 578 g/mol. The quantitative estimate of drug-likeness (QED) is 0.135. The van der Waals surface area contributed by atoms with E-state index in [1.807, 2.05) is 57.1 Å². The Hall–Kier alpha value is -3.12. The van der Waals surface area contributed by atoms with Gasteiger partial charge in [-0.25, -0.2) is 0 Å². The van der Waals surface area contributed by atoms with Crippen molar-refractivity contribution in [3.8, 4) is 0 Å². The highest BCUT2D eigenvalue weighted by atomic mass is 16.2. The van der Waals surface area contributed by atoms with E-state index in [1.165, 1.54) is 22.4 Å². The minimum Gasteiger partial charge on any atom is -0.344 e. The number of hydrogen-bond donors (Lipinski definition) is 1. The Morgan fingerprint density at radius 1 is 1.14 bits per heavy atom. The van der Waals surface area contributed by atoms with Crippen LogP contribution in [0.15, 0.2) is 78.1 Å². The van der Waals surface area contributed by atoms with Gasteiger partial charge in [0.2, 0.25) is 12.3 Å². The minimum atomic E-state index is -0.0847. The van der Waals surface area contributed by atoms with Crippen LogP contribution in [-0.2, 0) is 16.1 Å². The van der Waals surface area contributed by atoms with Crippen LogP contribution in [0.1, 0.15) is 85.1 Å². The van der Waals surface area contributed by atoms with Crippen LogP contribution in [0, 0.1) is 5.92 Å². The molecule has 6 nitrogen and oxygen atoms in total. The number of carbonyl (C=O) groups excluding carboxylic acids is 2. The molecule has 1 saturated carbocycles. The summed E-state index contributed by atoms with van der Waals surface area (Å²) in [6.07, 6.45) is 16.2. The predicted molar refractivity (Wildman–Crippen MR) is 179 cm³/mol. The van der Waals surface area contributed by atoms with Crippen LogP contribution in [0.25, 0.3) is 0 Å². The molecule has 42 heavy (non-hydrogen) atoms. The zero-order chi connectivity index (χ0) is 31.3. The molecule has 2 fully saturated rings. The first-order valence-electron chi connectivity index (χ1n) is 16.0. The number of carbonyl (C=O) groups is 2. The molecule has 3 rings (SSSR count). The van der Waals surface area contributed by atoms with E-state index in [9.17, 15) is 9.59 Å². The van der Waals surface area contributed by atoms with Gasteiger partial charge in [-0.15, -0.1) is 0 Å². The first kappa shape index (κ1) is 36.9. The highest BCUT2D eigenvalue weighted by Gasteiger charge is 2.39. The van der Waals surface area contributed by atoms with Gasteiger partial charge in [-0.3, -0.25) is 9.59 Å². The number of hydrogen-bond acceptors (Lipinski definition) is 4. The summed E-state index contributed by atoms with van der Waals surface area (Å²) in [5.41, 5.74) is 5.32. The maximum Gasteiger partial charge on any atom is 0.242 e. The van der Waals surface area contributed by atoms with Gasteiger partial charge in [-0.05, 0) is 74.6 Å². The van der Waals surface area contributed by atoms with E-state index in [1.54, 1.807) is 4.90 Å². The van der Waals surface area contributed by atoms with Crippen LogP contribution in [-0.4, -0.2) is 66.9 Å². The molecular formula is C36H58N4O2. The number of likely N-dealkylation sites (N-methyl/N-ethyl adjacent to an activating group) is 1. The van der Waals surface area contributed by atoms with E-state index in [-0.39, 0.29) is 12.1 Å². The Balaban J connectivity index is 0.000000673. The molecule has 1 saturated heterocycles. The first-order chi connectivity index (χ1) is 20.4. The lowest BCUT2D eigenvalue weighted by Crippen LogP contribution is -2.60. The lowest BCUT2D eigenvalue weighted by Gasteiger charge is -2.46. The van der Waals surface area contributed by atoms with Crippen LogP contribution in [0.2, 0.25) is 0 Å². The molecule has 1 aromatic carbocycles. The zero-order valence-corrected chi connectivity index (χ0v) is 27.6. The maximum atomic E-state index is 13.0. The summed E-state index contributed by atoms with van der Waals surface area (Å²) in [5, 5.41) is 3.08. The molecule has 2 aliphatic rings. The van der Waals surface area contributed by atoms with Gasteiger partial charge in [0.15, 0.2) is 0 Å². The molecule has 2 unspecified atom stereocenters. The van der Waals surface area contributed by atoms with E-state index < -0.39 is 0 Å². The fraction of sp³-hybridized carbons (Fsp3) is 0.556. The highest BCUT2D eigenvalue weighted by Crippen LogP contribution is 2.45. The molecule has 2 atom stereocenters. The number of amides is 2. The first-order valence-corrected chi connectivity index (χ1v) is 16.0. The summed E-state index contributed by atoms with van der Waals surface area (Å²) in [7, 11) is 3.78. The Kier molecular flexibility index (Phi) is 18.9. The third kappa shape index (κ3) is 12.4. The number of unbranched alkanes of at least 4 members (excludes halogenated alkanes) is 1. The molecule has 0 spiro atoms. The van der Waals surface area contributed by atoms with Gasteiger partial charge >= 0.3 is 0 Å². The van der Waals surface area contributed by atoms with Crippen LogP contribution < -0.4 is 5.32 Å². The van der Waals surface area contributed by atoms with Gasteiger partial charge in [0.1, 0.15) is 6.17 Å². The Bertz CT molecular complexity index is 1010. The smallest absolute Gasteiger partial charge is 0.242 e. The number of piperazine rings is 1. The average Bonchev–Trinajstić information content (AvgIpc) is 3.81. The van der Waals surface area contributed by atoms with Crippen molar-refractivity contribution in [1.82, 2.24) is 20.0 Å². The summed E-state index contributed by atoms with van der Waals surface area (Å²) in [5.74, 6) is 0.825. The third-order valence-electron chi connectivity index (χ3n) is 7.69. The SMILES string of the molecule is C=C/C(=C\C=C/CC)CCCCN1CC(N(C)C=O)N(/C(CC)=C2/CC2CC)CC1=O.CC.CNCc1ccccc1. The van der Waals surface area contributed by atoms with Gasteiger partial charge in [0.05, 0.1) is 13.1 Å². The summed E-state index contributed by atoms with van der Waals surface area (Å²) < 4.78 is 0. The van der Waals surface area contributed by atoms with Crippen molar-refractivity contribution >= 4 is 12.3 Å². The minimum absolute atomic E-state index is 0.0847. The van der Waals surface area contributed by atoms with Crippen molar-refractivity contribution < 1.29 is 9.59 Å². The largest absolute Gasteiger partial charge is 0.344 e. The predicted octanol–water partition coefficient (Wildman–Crippen LogP) is 7.32. The topological polar surface area (TPSA) is 55.9 Å². The lowest BCUT2D eigenvalue weighted by molar-refractivity contribution is -0.144. The fourth-order valence-corrected chi connectivity index (χ4v) is 5.24. The normalized spacial score (nSPS) is 19.4. The molecule has 0 radical (unpaired) electrons. The molecule has 234 valence electrons. The second kappa shape index (κ2) is 21.6. The molecule has 1 N–H and O–H groups in total. The van der Waals surface area contributed by atoms with Crippen LogP contribution >= 0.6 is 0 Å². The van der Waals surface area contributed by atoms with E-state index in [0.29, 0.717) is 19.0 Å². The fourth-order valence-electron chi connectivity index (χ4n) is 5.24. The van der Waals surface area contributed by atoms with Crippen molar-refractivity contribution in [3.63, 3.8) is 0 Å². The van der Waals surface area contributed by atoms with Crippen LogP contribution in [0.4, 0.5) is 0 Å². The van der Waals surface area contributed by atoms with Crippen molar-refractivity contribution in [3.05, 3.63) is 83.6 Å². The van der Waals surface area contributed by atoms with E-state index in [4.69, 9.17) is 0 Å². The third-order valence-corrected chi connectivity index (χ3v) is 7.69. The van der Waals surface area contributed by atoms with Gasteiger partial charge in [0, 0.05) is 25.8 Å². The van der Waals surface area contributed by atoms with E-state index >= 15 is 0 Å². The van der Waals surface area contributed by atoms with E-state index in [0.717, 1.165) is 64.4 Å². The highest BCUT2D eigenvalue weighted by molar-refractivity contribution is 5.79. The van der Waals surface area contributed by atoms with Crippen molar-refractivity contribution in [2.75, 3.05) is 33.7 Å². The second-order valence-corrected chi connectivity index (χ2v) is 10.6. The van der Waals surface area contributed by atoms with Crippen molar-refractivity contribution in [1.29, 1.82) is 0 Å². The molecule has 1 heterocycles. The van der Waals surface area contributed by atoms with Gasteiger partial charge in [-0.1, -0.05) is 95.8 Å². The number of nitrogens with one attached hydrogen (secondary N) is 1. The summed E-state index contributed by atoms with van der Waals surface area (Å²) in [6.45, 7) is 17.0. The second-order valence-electron chi connectivity index (χ2n) is 10.6. The van der Waals surface area contributed by atoms with Crippen LogP contribution in [0.3, 0.4) is 0 Å². The Morgan fingerprint density at radius 2 is 1.86 bits per heavy atom. The Labute approximate surface area is 257 Å². The van der Waals surface area contributed by atoms with Crippen molar-refractivity contribution in [2.45, 2.75) is 92.3 Å². The summed E-state index contributed by atoms with van der Waals surface area (Å²) in [4.78, 5) is 30.4. The summed E-state index contributed by atoms with van der Waals surface area (Å²) >= 11 is 0. The molecular weight excluding hydrogens is 520 g/mol. The number of benzene rings is 1. The molecule has 1 aliphatic carbocycles. The number of nitrogens with zero attached hydrogens (tertiary/aromatic N) is 3. The molecule has 1 aromatic rings. The standard InChI is InChI=1S/C26H41N3O2.C8H11N.C2H6/c1-6-10-11-14-21(7-2)15-12-13-16-28-18-25(27(5)20-30)29(19-26(28)31)24(9-4)23-17-22(23)8-3;1-9-7-8-5-3-2-4-6-8;1-2/h7,10-11,14,20,22,25H,2,6,8-9,12-13,15-19H2,1,3-5H3;2-6,9H,7H2,1H3;1-2H3/b11-10-,21-14+,24-23-;;. The van der Waals surface area contributed by atoms with E-state index in [2.05, 4.69) is 67.9 Å².